The molecule has 1 aromatic carbocycles. The molecule has 28 heavy (non-hydrogen) atoms. The number of thiophene rings is 1. The summed E-state index contributed by atoms with van der Waals surface area (Å²) in [6.45, 7) is 5.38. The van der Waals surface area contributed by atoms with Crippen LogP contribution in [0.25, 0.3) is 0 Å². The fourth-order valence-electron chi connectivity index (χ4n) is 3.33. The van der Waals surface area contributed by atoms with Gasteiger partial charge in [-0.25, -0.2) is 8.42 Å². The third-order valence-electron chi connectivity index (χ3n) is 5.01. The average molecular weight is 422 g/mol. The quantitative estimate of drug-likeness (QED) is 0.708. The van der Waals surface area contributed by atoms with E-state index in [2.05, 4.69) is 16.3 Å². The number of sulfonamides is 1. The monoisotopic (exact) mass is 421 g/mol. The van der Waals surface area contributed by atoms with Crippen molar-refractivity contribution in [3.8, 4) is 0 Å². The molecular formula is C20H27N3O3S2. The highest BCUT2D eigenvalue weighted by Crippen LogP contribution is 2.18. The molecule has 3 rings (SSSR count). The first kappa shape index (κ1) is 21.0. The van der Waals surface area contributed by atoms with E-state index < -0.39 is 10.0 Å². The summed E-state index contributed by atoms with van der Waals surface area (Å²) in [6, 6.07) is 11.8. The Labute approximate surface area is 171 Å². The molecular weight excluding hydrogens is 394 g/mol. The van der Waals surface area contributed by atoms with E-state index in [1.807, 2.05) is 35.7 Å². The van der Waals surface area contributed by atoms with Gasteiger partial charge in [-0.1, -0.05) is 24.3 Å². The Balaban J connectivity index is 1.48. The summed E-state index contributed by atoms with van der Waals surface area (Å²) < 4.78 is 25.4. The molecule has 2 heterocycles. The zero-order valence-corrected chi connectivity index (χ0v) is 17.8. The topological polar surface area (TPSA) is 69.7 Å². The third-order valence-corrected chi connectivity index (χ3v) is 7.77. The molecule has 1 aliphatic rings. The lowest BCUT2D eigenvalue weighted by molar-refractivity contribution is 0.0944. The number of nitrogens with one attached hydrogen (secondary N) is 1. The highest BCUT2D eigenvalue weighted by Gasteiger charge is 2.25. The maximum atomic E-state index is 12.6. The Hall–Kier alpha value is -1.74. The molecule has 1 aliphatic heterocycles. The Morgan fingerprint density at radius 1 is 1.11 bits per heavy atom. The summed E-state index contributed by atoms with van der Waals surface area (Å²) >= 11 is 1.69. The van der Waals surface area contributed by atoms with Gasteiger partial charge in [0, 0.05) is 56.1 Å². The number of carbonyl (C=O) groups is 1. The number of hydrogen-bond donors (Lipinski definition) is 1. The molecule has 0 radical (unpaired) electrons. The summed E-state index contributed by atoms with van der Waals surface area (Å²) in [5.74, 6) is 0.0906. The van der Waals surface area contributed by atoms with Crippen molar-refractivity contribution in [2.75, 3.05) is 45.0 Å². The van der Waals surface area contributed by atoms with Crippen molar-refractivity contribution in [2.24, 2.45) is 0 Å². The molecule has 2 aromatic rings. The highest BCUT2D eigenvalue weighted by molar-refractivity contribution is 7.89. The van der Waals surface area contributed by atoms with Crippen LogP contribution in [-0.2, 0) is 16.4 Å². The molecule has 0 atom stereocenters. The summed E-state index contributed by atoms with van der Waals surface area (Å²) in [4.78, 5) is 16.1. The smallest absolute Gasteiger partial charge is 0.251 e. The zero-order chi connectivity index (χ0) is 20.0. The fraction of sp³-hybridized carbons (Fsp3) is 0.450. The summed E-state index contributed by atoms with van der Waals surface area (Å²) in [6.07, 6.45) is 0.759. The van der Waals surface area contributed by atoms with Gasteiger partial charge in [-0.2, -0.15) is 4.31 Å². The maximum absolute atomic E-state index is 12.6. The second-order valence-corrected chi connectivity index (χ2v) is 10.1. The molecule has 0 bridgehead atoms. The molecule has 0 unspecified atom stereocenters. The van der Waals surface area contributed by atoms with Gasteiger partial charge in [0.1, 0.15) is 0 Å². The lowest BCUT2D eigenvalue weighted by Gasteiger charge is -2.33. The largest absolute Gasteiger partial charge is 0.351 e. The number of nitrogens with zero attached hydrogens (tertiary/aromatic N) is 2. The predicted molar refractivity (Wildman–Crippen MR) is 113 cm³/mol. The Kier molecular flexibility index (Phi) is 7.23. The van der Waals surface area contributed by atoms with Crippen LogP contribution in [0.4, 0.5) is 0 Å². The van der Waals surface area contributed by atoms with Gasteiger partial charge in [0.25, 0.3) is 5.91 Å². The molecule has 1 aromatic heterocycles. The van der Waals surface area contributed by atoms with E-state index in [4.69, 9.17) is 0 Å². The second kappa shape index (κ2) is 9.65. The second-order valence-electron chi connectivity index (χ2n) is 6.81. The number of piperazine rings is 1. The van der Waals surface area contributed by atoms with Crippen molar-refractivity contribution in [2.45, 2.75) is 13.3 Å². The fourth-order valence-corrected chi connectivity index (χ4v) is 5.15. The number of benzene rings is 1. The molecule has 0 aliphatic carbocycles. The number of carbonyl (C=O) groups excluding carboxylic acids is 1. The summed E-state index contributed by atoms with van der Waals surface area (Å²) in [7, 11) is -3.10. The molecule has 1 amide bonds. The van der Waals surface area contributed by atoms with Crippen LogP contribution in [0.5, 0.6) is 0 Å². The summed E-state index contributed by atoms with van der Waals surface area (Å²) in [5.41, 5.74) is 1.75. The van der Waals surface area contributed by atoms with Crippen molar-refractivity contribution in [1.82, 2.24) is 14.5 Å². The summed E-state index contributed by atoms with van der Waals surface area (Å²) in [5, 5.41) is 5.05. The third kappa shape index (κ3) is 5.41. The van der Waals surface area contributed by atoms with Gasteiger partial charge in [-0.3, -0.25) is 9.69 Å². The van der Waals surface area contributed by atoms with Crippen LogP contribution < -0.4 is 5.32 Å². The van der Waals surface area contributed by atoms with E-state index in [9.17, 15) is 13.2 Å². The van der Waals surface area contributed by atoms with Crippen molar-refractivity contribution < 1.29 is 13.2 Å². The van der Waals surface area contributed by atoms with Gasteiger partial charge in [0.15, 0.2) is 0 Å². The molecule has 152 valence electrons. The zero-order valence-electron chi connectivity index (χ0n) is 16.1. The normalized spacial score (nSPS) is 16.2. The van der Waals surface area contributed by atoms with Crippen LogP contribution in [0, 0.1) is 0 Å². The molecule has 0 spiro atoms. The van der Waals surface area contributed by atoms with Crippen molar-refractivity contribution in [3.63, 3.8) is 0 Å². The first-order valence-corrected chi connectivity index (χ1v) is 12.1. The van der Waals surface area contributed by atoms with E-state index >= 15 is 0 Å². The van der Waals surface area contributed by atoms with Gasteiger partial charge in [-0.05, 0) is 30.0 Å². The average Bonchev–Trinajstić information content (AvgIpc) is 3.22. The molecule has 1 N–H and O–H groups in total. The van der Waals surface area contributed by atoms with Crippen LogP contribution in [0.1, 0.15) is 27.7 Å². The van der Waals surface area contributed by atoms with Crippen LogP contribution in [0.15, 0.2) is 41.8 Å². The number of hydrogen-bond acceptors (Lipinski definition) is 5. The Morgan fingerprint density at radius 2 is 1.86 bits per heavy atom. The van der Waals surface area contributed by atoms with E-state index in [1.54, 1.807) is 22.6 Å². The van der Waals surface area contributed by atoms with Crippen LogP contribution in [0.3, 0.4) is 0 Å². The van der Waals surface area contributed by atoms with Crippen molar-refractivity contribution in [1.29, 1.82) is 0 Å². The minimum Gasteiger partial charge on any atom is -0.351 e. The first-order chi connectivity index (χ1) is 13.5. The van der Waals surface area contributed by atoms with E-state index in [0.717, 1.165) is 24.1 Å². The molecule has 1 fully saturated rings. The van der Waals surface area contributed by atoms with Gasteiger partial charge >= 0.3 is 0 Å². The molecule has 8 heteroatoms. The minimum absolute atomic E-state index is 0.0562. The van der Waals surface area contributed by atoms with E-state index in [0.29, 0.717) is 32.7 Å². The van der Waals surface area contributed by atoms with E-state index in [1.165, 1.54) is 4.88 Å². The Bertz CT molecular complexity index is 874. The highest BCUT2D eigenvalue weighted by atomic mass is 32.2. The predicted octanol–water partition coefficient (Wildman–Crippen LogP) is 2.04. The Morgan fingerprint density at radius 3 is 2.54 bits per heavy atom. The van der Waals surface area contributed by atoms with Gasteiger partial charge < -0.3 is 5.32 Å². The van der Waals surface area contributed by atoms with Crippen LogP contribution in [-0.4, -0.2) is 68.6 Å². The maximum Gasteiger partial charge on any atom is 0.251 e. The van der Waals surface area contributed by atoms with Gasteiger partial charge in [-0.15, -0.1) is 11.3 Å². The van der Waals surface area contributed by atoms with E-state index in [-0.39, 0.29) is 11.7 Å². The first-order valence-electron chi connectivity index (χ1n) is 9.58. The number of amides is 1. The van der Waals surface area contributed by atoms with Crippen LogP contribution in [0.2, 0.25) is 0 Å². The molecule has 1 saturated heterocycles. The minimum atomic E-state index is -3.10. The van der Waals surface area contributed by atoms with Crippen molar-refractivity contribution in [3.05, 3.63) is 57.8 Å². The van der Waals surface area contributed by atoms with Gasteiger partial charge in [0.05, 0.1) is 5.75 Å². The van der Waals surface area contributed by atoms with Gasteiger partial charge in [0.2, 0.25) is 10.0 Å². The number of rotatable bonds is 8. The lowest BCUT2D eigenvalue weighted by Crippen LogP contribution is -2.50. The van der Waals surface area contributed by atoms with Crippen molar-refractivity contribution >= 4 is 27.3 Å². The SMILES string of the molecule is CCS(=O)(=O)N1CCN(CCNC(=O)c2ccccc2Cc2cccs2)CC1. The lowest BCUT2D eigenvalue weighted by atomic mass is 10.0. The molecule has 6 nitrogen and oxygen atoms in total. The molecule has 0 saturated carbocycles. The van der Waals surface area contributed by atoms with Crippen LogP contribution >= 0.6 is 11.3 Å². The standard InChI is InChI=1S/C20H27N3O3S2/c1-2-28(25,26)23-13-11-22(12-14-23)10-9-21-20(24)19-8-4-3-6-17(19)16-18-7-5-15-27-18/h3-8,15H,2,9-14,16H2,1H3,(H,21,24).